The zero-order valence-corrected chi connectivity index (χ0v) is 8.37. The summed E-state index contributed by atoms with van der Waals surface area (Å²) in [6.45, 7) is 4.97. The lowest BCUT2D eigenvalue weighted by Gasteiger charge is -2.06. The van der Waals surface area contributed by atoms with E-state index in [1.54, 1.807) is 20.8 Å². The predicted octanol–water partition coefficient (Wildman–Crippen LogP) is 1.51. The van der Waals surface area contributed by atoms with E-state index in [0.29, 0.717) is 5.76 Å². The summed E-state index contributed by atoms with van der Waals surface area (Å²) in [6, 6.07) is 1.22. The van der Waals surface area contributed by atoms with Crippen molar-refractivity contribution in [2.75, 3.05) is 0 Å². The van der Waals surface area contributed by atoms with E-state index >= 15 is 0 Å². The second-order valence-electron chi connectivity index (χ2n) is 3.25. The van der Waals surface area contributed by atoms with Gasteiger partial charge >= 0.3 is 5.97 Å². The summed E-state index contributed by atoms with van der Waals surface area (Å²) < 4.78 is 9.83. The number of carbonyl (C=O) groups is 1. The van der Waals surface area contributed by atoms with Gasteiger partial charge in [0.05, 0.1) is 12.2 Å². The van der Waals surface area contributed by atoms with Crippen molar-refractivity contribution in [1.29, 1.82) is 0 Å². The number of hydrogen-bond donors (Lipinski definition) is 0. The molecule has 4 heteroatoms. The predicted molar refractivity (Wildman–Crippen MR) is 50.2 cm³/mol. The number of aryl methyl sites for hydroxylation is 1. The van der Waals surface area contributed by atoms with Crippen molar-refractivity contribution >= 4 is 5.97 Å². The molecule has 1 aromatic heterocycles. The molecule has 76 valence electrons. The molecule has 0 saturated carbocycles. The normalized spacial score (nSPS) is 10.3. The number of esters is 1. The number of ether oxygens (including phenoxy) is 1. The standard InChI is InChI=1S/C10H12O4/c1-6(2)10(12)14-9-7(3)13-5-4-8(9)11/h4-6H,1-3H3. The summed E-state index contributed by atoms with van der Waals surface area (Å²) in [5.74, 6) is -0.418. The van der Waals surface area contributed by atoms with Gasteiger partial charge in [-0.05, 0) is 6.92 Å². The van der Waals surface area contributed by atoms with Crippen LogP contribution in [0, 0.1) is 12.8 Å². The molecular weight excluding hydrogens is 184 g/mol. The van der Waals surface area contributed by atoms with Gasteiger partial charge in [-0.15, -0.1) is 0 Å². The third kappa shape index (κ3) is 2.22. The Balaban J connectivity index is 2.97. The first-order valence-electron chi connectivity index (χ1n) is 4.32. The van der Waals surface area contributed by atoms with Crippen LogP contribution in [0.15, 0.2) is 21.5 Å². The second-order valence-corrected chi connectivity index (χ2v) is 3.25. The van der Waals surface area contributed by atoms with Crippen LogP contribution in [0.1, 0.15) is 19.6 Å². The van der Waals surface area contributed by atoms with Gasteiger partial charge in [-0.25, -0.2) is 0 Å². The van der Waals surface area contributed by atoms with Crippen LogP contribution in [0.5, 0.6) is 5.75 Å². The fraction of sp³-hybridized carbons (Fsp3) is 0.400. The number of rotatable bonds is 2. The molecule has 0 aliphatic rings. The van der Waals surface area contributed by atoms with Gasteiger partial charge in [0.2, 0.25) is 11.2 Å². The highest BCUT2D eigenvalue weighted by Crippen LogP contribution is 2.12. The van der Waals surface area contributed by atoms with Crippen LogP contribution in [0.4, 0.5) is 0 Å². The van der Waals surface area contributed by atoms with Crippen LogP contribution in [0.25, 0.3) is 0 Å². The maximum Gasteiger partial charge on any atom is 0.314 e. The Kier molecular flexibility index (Phi) is 3.06. The molecule has 0 fully saturated rings. The van der Waals surface area contributed by atoms with Crippen LogP contribution in [-0.4, -0.2) is 5.97 Å². The van der Waals surface area contributed by atoms with Crippen LogP contribution >= 0.6 is 0 Å². The number of carbonyl (C=O) groups excluding carboxylic acids is 1. The average molecular weight is 196 g/mol. The van der Waals surface area contributed by atoms with Crippen LogP contribution in [-0.2, 0) is 4.79 Å². The highest BCUT2D eigenvalue weighted by molar-refractivity contribution is 5.74. The minimum atomic E-state index is -0.438. The van der Waals surface area contributed by atoms with E-state index in [0.717, 1.165) is 0 Å². The van der Waals surface area contributed by atoms with E-state index in [9.17, 15) is 9.59 Å². The smallest absolute Gasteiger partial charge is 0.314 e. The van der Waals surface area contributed by atoms with Gasteiger partial charge in [-0.1, -0.05) is 13.8 Å². The highest BCUT2D eigenvalue weighted by Gasteiger charge is 2.14. The summed E-state index contributed by atoms with van der Waals surface area (Å²) in [6.07, 6.45) is 1.27. The molecule has 0 unspecified atom stereocenters. The summed E-state index contributed by atoms with van der Waals surface area (Å²) in [4.78, 5) is 22.5. The van der Waals surface area contributed by atoms with Gasteiger partial charge in [0.25, 0.3) is 0 Å². The maximum absolute atomic E-state index is 11.3. The molecule has 4 nitrogen and oxygen atoms in total. The van der Waals surface area contributed by atoms with Gasteiger partial charge in [0, 0.05) is 6.07 Å². The summed E-state index contributed by atoms with van der Waals surface area (Å²) in [5, 5.41) is 0. The number of hydrogen-bond acceptors (Lipinski definition) is 4. The summed E-state index contributed by atoms with van der Waals surface area (Å²) in [7, 11) is 0. The Labute approximate surface area is 81.5 Å². The largest absolute Gasteiger partial charge is 0.465 e. The van der Waals surface area contributed by atoms with Crippen molar-refractivity contribution in [1.82, 2.24) is 0 Å². The van der Waals surface area contributed by atoms with Gasteiger partial charge < -0.3 is 9.15 Å². The molecule has 0 aromatic carbocycles. The Morgan fingerprint density at radius 1 is 1.50 bits per heavy atom. The van der Waals surface area contributed by atoms with E-state index in [4.69, 9.17) is 9.15 Å². The van der Waals surface area contributed by atoms with E-state index < -0.39 is 5.97 Å². The fourth-order valence-corrected chi connectivity index (χ4v) is 0.841. The van der Waals surface area contributed by atoms with Crippen molar-refractivity contribution in [3.63, 3.8) is 0 Å². The van der Waals surface area contributed by atoms with E-state index in [-0.39, 0.29) is 17.1 Å². The highest BCUT2D eigenvalue weighted by atomic mass is 16.5. The quantitative estimate of drug-likeness (QED) is 0.673. The minimum absolute atomic E-state index is 0.0220. The molecule has 0 N–H and O–H groups in total. The molecule has 1 aromatic rings. The first kappa shape index (κ1) is 10.5. The Hall–Kier alpha value is -1.58. The van der Waals surface area contributed by atoms with Crippen molar-refractivity contribution in [2.24, 2.45) is 5.92 Å². The molecule has 1 rings (SSSR count). The first-order chi connectivity index (χ1) is 6.52. The van der Waals surface area contributed by atoms with Crippen molar-refractivity contribution in [2.45, 2.75) is 20.8 Å². The van der Waals surface area contributed by atoms with E-state index in [2.05, 4.69) is 0 Å². The fourth-order valence-electron chi connectivity index (χ4n) is 0.841. The minimum Gasteiger partial charge on any atom is -0.465 e. The monoisotopic (exact) mass is 196 g/mol. The third-order valence-corrected chi connectivity index (χ3v) is 1.68. The van der Waals surface area contributed by atoms with Crippen LogP contribution in [0.3, 0.4) is 0 Å². The molecule has 1 heterocycles. The molecule has 0 spiro atoms. The Morgan fingerprint density at radius 2 is 2.14 bits per heavy atom. The maximum atomic E-state index is 11.3. The van der Waals surface area contributed by atoms with Gasteiger partial charge in [-0.3, -0.25) is 9.59 Å². The summed E-state index contributed by atoms with van der Waals surface area (Å²) in [5.41, 5.74) is -0.345. The van der Waals surface area contributed by atoms with Crippen molar-refractivity contribution in [3.05, 3.63) is 28.3 Å². The molecule has 14 heavy (non-hydrogen) atoms. The van der Waals surface area contributed by atoms with Crippen molar-refractivity contribution < 1.29 is 13.9 Å². The first-order valence-corrected chi connectivity index (χ1v) is 4.32. The molecule has 0 aliphatic carbocycles. The van der Waals surface area contributed by atoms with Gasteiger partial charge in [0.15, 0.2) is 0 Å². The molecule has 0 amide bonds. The van der Waals surface area contributed by atoms with E-state index in [1.807, 2.05) is 0 Å². The van der Waals surface area contributed by atoms with Gasteiger partial charge in [0.1, 0.15) is 5.76 Å². The van der Waals surface area contributed by atoms with Crippen LogP contribution in [0.2, 0.25) is 0 Å². The van der Waals surface area contributed by atoms with E-state index in [1.165, 1.54) is 12.3 Å². The zero-order valence-electron chi connectivity index (χ0n) is 8.37. The third-order valence-electron chi connectivity index (χ3n) is 1.68. The Bertz CT molecular complexity index is 389. The topological polar surface area (TPSA) is 56.5 Å². The molecule has 0 aliphatic heterocycles. The lowest BCUT2D eigenvalue weighted by atomic mass is 10.2. The molecule has 0 atom stereocenters. The molecule has 0 bridgehead atoms. The van der Waals surface area contributed by atoms with Crippen LogP contribution < -0.4 is 10.2 Å². The lowest BCUT2D eigenvalue weighted by Crippen LogP contribution is -2.19. The Morgan fingerprint density at radius 3 is 2.64 bits per heavy atom. The second kappa shape index (κ2) is 4.09. The van der Waals surface area contributed by atoms with Gasteiger partial charge in [-0.2, -0.15) is 0 Å². The molecule has 0 saturated heterocycles. The SMILES string of the molecule is Cc1occc(=O)c1OC(=O)C(C)C. The molecular formula is C10H12O4. The molecule has 0 radical (unpaired) electrons. The zero-order chi connectivity index (χ0) is 10.7. The lowest BCUT2D eigenvalue weighted by molar-refractivity contribution is -0.138. The average Bonchev–Trinajstić information content (AvgIpc) is 2.11. The van der Waals surface area contributed by atoms with Crippen molar-refractivity contribution in [3.8, 4) is 5.75 Å². The summed E-state index contributed by atoms with van der Waals surface area (Å²) >= 11 is 0.